The Morgan fingerprint density at radius 1 is 1.21 bits per heavy atom. The largest absolute Gasteiger partial charge is 0.496 e. The first-order chi connectivity index (χ1) is 11.6. The summed E-state index contributed by atoms with van der Waals surface area (Å²) >= 11 is 0. The van der Waals surface area contributed by atoms with E-state index in [2.05, 4.69) is 30.9 Å². The van der Waals surface area contributed by atoms with Crippen LogP contribution in [0.4, 0.5) is 0 Å². The fourth-order valence-electron chi connectivity index (χ4n) is 2.80. The highest BCUT2D eigenvalue weighted by molar-refractivity contribution is 5.79. The number of nitrogens with one attached hydrogen (secondary N) is 1. The molecule has 7 heteroatoms. The Labute approximate surface area is 139 Å². The third-order valence-electron chi connectivity index (χ3n) is 4.54. The molecule has 1 atom stereocenters. The van der Waals surface area contributed by atoms with Crippen LogP contribution in [0, 0.1) is 5.92 Å². The molecule has 1 aromatic carbocycles. The molecule has 2 aromatic heterocycles. The summed E-state index contributed by atoms with van der Waals surface area (Å²) in [6.45, 7) is 6.72. The second-order valence-corrected chi connectivity index (χ2v) is 6.30. The van der Waals surface area contributed by atoms with Gasteiger partial charge in [-0.2, -0.15) is 5.10 Å². The van der Waals surface area contributed by atoms with Gasteiger partial charge in [0.1, 0.15) is 17.1 Å². The Kier molecular flexibility index (Phi) is 3.37. The van der Waals surface area contributed by atoms with Crippen LogP contribution in [0.25, 0.3) is 22.6 Å². The number of benzene rings is 1. The molecule has 0 amide bonds. The van der Waals surface area contributed by atoms with Gasteiger partial charge in [-0.25, -0.2) is 9.67 Å². The van der Waals surface area contributed by atoms with E-state index in [0.717, 1.165) is 22.6 Å². The molecule has 0 aliphatic carbocycles. The number of rotatable bonds is 4. The van der Waals surface area contributed by atoms with Gasteiger partial charge in [0.15, 0.2) is 17.1 Å². The summed E-state index contributed by atoms with van der Waals surface area (Å²) in [5.41, 5.74) is 2.57. The lowest BCUT2D eigenvalue weighted by Crippen LogP contribution is -2.12. The van der Waals surface area contributed by atoms with Crippen LogP contribution in [0.2, 0.25) is 0 Å². The molecule has 1 unspecified atom stereocenters. The molecule has 0 fully saturated rings. The van der Waals surface area contributed by atoms with Gasteiger partial charge in [0.25, 0.3) is 0 Å². The maximum atomic E-state index is 5.50. The smallest absolute Gasteiger partial charge is 0.231 e. The molecular weight excluding hydrogens is 308 g/mol. The number of aromatic amines is 1. The van der Waals surface area contributed by atoms with E-state index in [9.17, 15) is 0 Å². The third kappa shape index (κ3) is 2.19. The molecule has 1 aliphatic rings. The van der Waals surface area contributed by atoms with Crippen molar-refractivity contribution in [2.75, 3.05) is 13.9 Å². The van der Waals surface area contributed by atoms with Crippen molar-refractivity contribution in [3.05, 3.63) is 18.3 Å². The Morgan fingerprint density at radius 3 is 2.67 bits per heavy atom. The van der Waals surface area contributed by atoms with E-state index in [1.54, 1.807) is 7.11 Å². The van der Waals surface area contributed by atoms with Gasteiger partial charge in [0.05, 0.1) is 24.9 Å². The average Bonchev–Trinajstić information content (AvgIpc) is 3.26. The van der Waals surface area contributed by atoms with Gasteiger partial charge < -0.3 is 19.2 Å². The summed E-state index contributed by atoms with van der Waals surface area (Å²) in [6, 6.07) is 3.98. The molecular formula is C17H20N4O3. The Morgan fingerprint density at radius 2 is 1.96 bits per heavy atom. The van der Waals surface area contributed by atoms with E-state index in [1.807, 2.05) is 23.0 Å². The number of fused-ring (bicyclic) bond motifs is 2. The molecule has 1 aliphatic heterocycles. The fourth-order valence-corrected chi connectivity index (χ4v) is 2.80. The second kappa shape index (κ2) is 5.43. The molecule has 1 N–H and O–H groups in total. The van der Waals surface area contributed by atoms with Crippen molar-refractivity contribution in [2.24, 2.45) is 5.92 Å². The van der Waals surface area contributed by atoms with Crippen molar-refractivity contribution in [3.8, 4) is 28.6 Å². The van der Waals surface area contributed by atoms with Crippen molar-refractivity contribution in [2.45, 2.75) is 26.8 Å². The van der Waals surface area contributed by atoms with Crippen LogP contribution in [0.3, 0.4) is 0 Å². The lowest BCUT2D eigenvalue weighted by Gasteiger charge is -2.15. The number of aromatic nitrogens is 4. The summed E-state index contributed by atoms with van der Waals surface area (Å²) in [4.78, 5) is 8.07. The minimum Gasteiger partial charge on any atom is -0.496 e. The first-order valence-electron chi connectivity index (χ1n) is 7.99. The molecule has 0 saturated carbocycles. The summed E-state index contributed by atoms with van der Waals surface area (Å²) < 4.78 is 18.3. The number of hydrogen-bond acceptors (Lipinski definition) is 5. The van der Waals surface area contributed by atoms with Crippen LogP contribution in [-0.4, -0.2) is 33.7 Å². The second-order valence-electron chi connectivity index (χ2n) is 6.30. The van der Waals surface area contributed by atoms with Gasteiger partial charge in [-0.05, 0) is 18.9 Å². The minimum absolute atomic E-state index is 0.225. The van der Waals surface area contributed by atoms with Gasteiger partial charge in [0, 0.05) is 6.07 Å². The van der Waals surface area contributed by atoms with E-state index in [-0.39, 0.29) is 12.8 Å². The Bertz CT molecular complexity index is 897. The van der Waals surface area contributed by atoms with E-state index < -0.39 is 0 Å². The minimum atomic E-state index is 0.225. The van der Waals surface area contributed by atoms with Crippen molar-refractivity contribution < 1.29 is 14.2 Å². The van der Waals surface area contributed by atoms with Crippen LogP contribution in [0.5, 0.6) is 17.2 Å². The van der Waals surface area contributed by atoms with Crippen molar-refractivity contribution in [1.82, 2.24) is 19.7 Å². The lowest BCUT2D eigenvalue weighted by molar-refractivity contribution is 0.174. The zero-order valence-electron chi connectivity index (χ0n) is 14.2. The normalized spacial score (nSPS) is 14.5. The van der Waals surface area contributed by atoms with E-state index >= 15 is 0 Å². The molecule has 7 nitrogen and oxygen atoms in total. The zero-order chi connectivity index (χ0) is 16.8. The maximum absolute atomic E-state index is 5.50. The zero-order valence-corrected chi connectivity index (χ0v) is 14.2. The van der Waals surface area contributed by atoms with Gasteiger partial charge in [-0.15, -0.1) is 0 Å². The number of nitrogens with zero attached hydrogens (tertiary/aromatic N) is 3. The standard InChI is InChI=1S/C17H20N4O3/c1-9(2)10(3)21-17-12(7-18-21)19-16(20-17)11-5-14-15(24-8-23-14)6-13(11)22-4/h5-7,9-10H,8H2,1-4H3,(H,19,20). The molecule has 0 saturated heterocycles. The molecule has 3 heterocycles. The Hall–Kier alpha value is -2.70. The molecule has 24 heavy (non-hydrogen) atoms. The highest BCUT2D eigenvalue weighted by Crippen LogP contribution is 2.42. The van der Waals surface area contributed by atoms with E-state index in [4.69, 9.17) is 19.2 Å². The molecule has 0 bridgehead atoms. The predicted molar refractivity (Wildman–Crippen MR) is 89.5 cm³/mol. The van der Waals surface area contributed by atoms with Crippen molar-refractivity contribution in [1.29, 1.82) is 0 Å². The molecule has 0 spiro atoms. The maximum Gasteiger partial charge on any atom is 0.231 e. The highest BCUT2D eigenvalue weighted by Gasteiger charge is 2.22. The first kappa shape index (κ1) is 14.9. The third-order valence-corrected chi connectivity index (χ3v) is 4.54. The molecule has 4 rings (SSSR count). The van der Waals surface area contributed by atoms with Gasteiger partial charge >= 0.3 is 0 Å². The lowest BCUT2D eigenvalue weighted by atomic mass is 10.1. The number of imidazole rings is 1. The Balaban J connectivity index is 1.83. The fraction of sp³-hybridized carbons (Fsp3) is 0.412. The van der Waals surface area contributed by atoms with Gasteiger partial charge in [-0.3, -0.25) is 0 Å². The predicted octanol–water partition coefficient (Wildman–Crippen LogP) is 3.38. The number of methoxy groups -OCH3 is 1. The van der Waals surface area contributed by atoms with Crippen LogP contribution in [-0.2, 0) is 0 Å². The number of H-pyrrole nitrogens is 1. The quantitative estimate of drug-likeness (QED) is 0.795. The topological polar surface area (TPSA) is 74.2 Å². The highest BCUT2D eigenvalue weighted by atomic mass is 16.7. The molecule has 3 aromatic rings. The first-order valence-corrected chi connectivity index (χ1v) is 7.99. The number of ether oxygens (including phenoxy) is 3. The summed E-state index contributed by atoms with van der Waals surface area (Å²) in [6.07, 6.45) is 1.81. The molecule has 126 valence electrons. The van der Waals surface area contributed by atoms with Crippen LogP contribution in [0.15, 0.2) is 18.3 Å². The van der Waals surface area contributed by atoms with Gasteiger partial charge in [-0.1, -0.05) is 13.8 Å². The van der Waals surface area contributed by atoms with Crippen LogP contribution < -0.4 is 14.2 Å². The number of hydrogen-bond donors (Lipinski definition) is 1. The average molecular weight is 328 g/mol. The van der Waals surface area contributed by atoms with Gasteiger partial charge in [0.2, 0.25) is 6.79 Å². The van der Waals surface area contributed by atoms with Crippen molar-refractivity contribution in [3.63, 3.8) is 0 Å². The summed E-state index contributed by atoms with van der Waals surface area (Å²) in [7, 11) is 1.63. The SMILES string of the molecule is COc1cc2c(cc1-c1nc3c(cnn3C(C)C(C)C)[nH]1)OCO2. The summed E-state index contributed by atoms with van der Waals surface area (Å²) in [5.74, 6) is 3.26. The van der Waals surface area contributed by atoms with Crippen molar-refractivity contribution >= 4 is 11.2 Å². The van der Waals surface area contributed by atoms with Crippen LogP contribution >= 0.6 is 0 Å². The van der Waals surface area contributed by atoms with E-state index in [1.165, 1.54) is 0 Å². The van der Waals surface area contributed by atoms with Crippen LogP contribution in [0.1, 0.15) is 26.8 Å². The summed E-state index contributed by atoms with van der Waals surface area (Å²) in [5, 5.41) is 4.46. The molecule has 0 radical (unpaired) electrons. The van der Waals surface area contributed by atoms with E-state index in [0.29, 0.717) is 23.2 Å². The monoisotopic (exact) mass is 328 g/mol.